The second kappa shape index (κ2) is 5.47. The van der Waals surface area contributed by atoms with Crippen LogP contribution < -0.4 is 5.73 Å². The smallest absolute Gasteiger partial charge is 0.348 e. The van der Waals surface area contributed by atoms with Crippen LogP contribution in [0.3, 0.4) is 0 Å². The Balaban J connectivity index is 2.09. The predicted molar refractivity (Wildman–Crippen MR) is 99.5 cm³/mol. The van der Waals surface area contributed by atoms with Crippen molar-refractivity contribution in [2.75, 3.05) is 5.73 Å². The highest BCUT2D eigenvalue weighted by atomic mass is 35.5. The van der Waals surface area contributed by atoms with Crippen molar-refractivity contribution in [1.29, 1.82) is 0 Å². The summed E-state index contributed by atoms with van der Waals surface area (Å²) < 4.78 is 5.66. The van der Waals surface area contributed by atoms with Crippen LogP contribution in [0.25, 0.3) is 21.5 Å². The van der Waals surface area contributed by atoms with Crippen LogP contribution in [0.15, 0.2) is 16.5 Å². The SMILES string of the molecule is CC1(C)CCc2c(nc3sc(C(=O)O)c(N)c3c2-c2ccc(Cl)o2)C1. The topological polar surface area (TPSA) is 89.3 Å². The van der Waals surface area contributed by atoms with E-state index in [0.717, 1.165) is 47.4 Å². The zero-order valence-electron chi connectivity index (χ0n) is 13.9. The number of aromatic carboxylic acids is 1. The van der Waals surface area contributed by atoms with E-state index in [9.17, 15) is 9.90 Å². The number of anilines is 1. The molecular weight excluding hydrogens is 360 g/mol. The van der Waals surface area contributed by atoms with Gasteiger partial charge in [-0.2, -0.15) is 0 Å². The van der Waals surface area contributed by atoms with Gasteiger partial charge in [0.1, 0.15) is 15.5 Å². The molecule has 3 aromatic heterocycles. The normalized spacial score (nSPS) is 16.1. The largest absolute Gasteiger partial charge is 0.477 e. The third-order valence-corrected chi connectivity index (χ3v) is 6.07. The highest BCUT2D eigenvalue weighted by Crippen LogP contribution is 2.46. The predicted octanol–water partition coefficient (Wildman–Crippen LogP) is 5.01. The van der Waals surface area contributed by atoms with Gasteiger partial charge in [-0.15, -0.1) is 11.3 Å². The number of pyridine rings is 1. The summed E-state index contributed by atoms with van der Waals surface area (Å²) in [4.78, 5) is 17.0. The van der Waals surface area contributed by atoms with Gasteiger partial charge < -0.3 is 15.3 Å². The Bertz CT molecular complexity index is 1020. The molecule has 0 spiro atoms. The molecule has 3 N–H and O–H groups in total. The number of hydrogen-bond acceptors (Lipinski definition) is 5. The van der Waals surface area contributed by atoms with Crippen molar-refractivity contribution < 1.29 is 14.3 Å². The maximum absolute atomic E-state index is 11.5. The summed E-state index contributed by atoms with van der Waals surface area (Å²) in [6.45, 7) is 4.44. The van der Waals surface area contributed by atoms with Gasteiger partial charge in [-0.3, -0.25) is 0 Å². The fraction of sp³-hybridized carbons (Fsp3) is 0.333. The van der Waals surface area contributed by atoms with Crippen molar-refractivity contribution >= 4 is 44.8 Å². The van der Waals surface area contributed by atoms with E-state index in [2.05, 4.69) is 13.8 Å². The van der Waals surface area contributed by atoms with Gasteiger partial charge in [0.15, 0.2) is 5.22 Å². The molecule has 25 heavy (non-hydrogen) atoms. The lowest BCUT2D eigenvalue weighted by molar-refractivity contribution is 0.0703. The second-order valence-corrected chi connectivity index (χ2v) is 8.56. The molecule has 130 valence electrons. The van der Waals surface area contributed by atoms with Crippen molar-refractivity contribution in [3.05, 3.63) is 33.5 Å². The Morgan fingerprint density at radius 2 is 2.20 bits per heavy atom. The first-order valence-corrected chi connectivity index (χ1v) is 9.19. The summed E-state index contributed by atoms with van der Waals surface area (Å²) in [5.74, 6) is -0.433. The van der Waals surface area contributed by atoms with E-state index in [1.54, 1.807) is 12.1 Å². The minimum absolute atomic E-state index is 0.114. The van der Waals surface area contributed by atoms with Crippen LogP contribution in [0.2, 0.25) is 5.22 Å². The van der Waals surface area contributed by atoms with Crippen LogP contribution in [0.4, 0.5) is 5.69 Å². The summed E-state index contributed by atoms with van der Waals surface area (Å²) in [5.41, 5.74) is 9.50. The number of nitrogens with two attached hydrogens (primary N) is 1. The fourth-order valence-electron chi connectivity index (χ4n) is 3.54. The first-order valence-electron chi connectivity index (χ1n) is 7.99. The number of carbonyl (C=O) groups is 1. The van der Waals surface area contributed by atoms with Crippen LogP contribution in [-0.2, 0) is 12.8 Å². The summed E-state index contributed by atoms with van der Waals surface area (Å²) in [7, 11) is 0. The number of nitrogen functional groups attached to an aromatic ring is 1. The van der Waals surface area contributed by atoms with Crippen molar-refractivity contribution in [1.82, 2.24) is 4.98 Å². The van der Waals surface area contributed by atoms with Crippen LogP contribution in [0.5, 0.6) is 0 Å². The molecular formula is C18H17ClN2O3S. The van der Waals surface area contributed by atoms with E-state index in [0.29, 0.717) is 16.0 Å². The lowest BCUT2D eigenvalue weighted by Crippen LogP contribution is -2.23. The van der Waals surface area contributed by atoms with E-state index in [4.69, 9.17) is 26.7 Å². The number of thiophene rings is 1. The summed E-state index contributed by atoms with van der Waals surface area (Å²) in [5, 5.41) is 10.4. The minimum Gasteiger partial charge on any atom is -0.477 e. The number of rotatable bonds is 2. The highest BCUT2D eigenvalue weighted by Gasteiger charge is 2.32. The molecule has 3 heterocycles. The molecule has 0 aromatic carbocycles. The first-order chi connectivity index (χ1) is 11.8. The van der Waals surface area contributed by atoms with Gasteiger partial charge in [0.25, 0.3) is 0 Å². The Morgan fingerprint density at radius 1 is 1.44 bits per heavy atom. The maximum Gasteiger partial charge on any atom is 0.348 e. The Kier molecular flexibility index (Phi) is 3.60. The van der Waals surface area contributed by atoms with Gasteiger partial charge in [-0.25, -0.2) is 9.78 Å². The molecule has 1 aliphatic carbocycles. The number of carboxylic acids is 1. The molecule has 5 nitrogen and oxygen atoms in total. The monoisotopic (exact) mass is 376 g/mol. The number of nitrogens with zero attached hydrogens (tertiary/aromatic N) is 1. The number of hydrogen-bond donors (Lipinski definition) is 2. The first kappa shape index (κ1) is 16.4. The molecule has 0 aliphatic heterocycles. The third kappa shape index (κ3) is 2.60. The van der Waals surface area contributed by atoms with Crippen LogP contribution >= 0.6 is 22.9 Å². The van der Waals surface area contributed by atoms with E-state index in [1.807, 2.05) is 0 Å². The number of carboxylic acid groups (broad SMARTS) is 1. The molecule has 7 heteroatoms. The van der Waals surface area contributed by atoms with E-state index < -0.39 is 5.97 Å². The maximum atomic E-state index is 11.5. The molecule has 0 saturated carbocycles. The summed E-state index contributed by atoms with van der Waals surface area (Å²) in [6, 6.07) is 3.48. The lowest BCUT2D eigenvalue weighted by atomic mass is 9.75. The van der Waals surface area contributed by atoms with Gasteiger partial charge >= 0.3 is 5.97 Å². The molecule has 0 atom stereocenters. The second-order valence-electron chi connectivity index (χ2n) is 7.19. The van der Waals surface area contributed by atoms with Gasteiger partial charge in [-0.1, -0.05) is 13.8 Å². The molecule has 0 unspecified atom stereocenters. The lowest BCUT2D eigenvalue weighted by Gasteiger charge is -2.31. The van der Waals surface area contributed by atoms with Crippen molar-refractivity contribution in [2.45, 2.75) is 33.1 Å². The molecule has 0 radical (unpaired) electrons. The average molecular weight is 377 g/mol. The number of furan rings is 1. The molecule has 0 bridgehead atoms. The minimum atomic E-state index is -1.04. The average Bonchev–Trinajstić information content (AvgIpc) is 3.08. The van der Waals surface area contributed by atoms with Crippen LogP contribution in [-0.4, -0.2) is 16.1 Å². The van der Waals surface area contributed by atoms with Crippen LogP contribution in [0, 0.1) is 5.41 Å². The fourth-order valence-corrected chi connectivity index (χ4v) is 4.65. The number of aromatic nitrogens is 1. The quantitative estimate of drug-likeness (QED) is 0.656. The van der Waals surface area contributed by atoms with Crippen molar-refractivity contribution in [3.63, 3.8) is 0 Å². The molecule has 1 aliphatic rings. The third-order valence-electron chi connectivity index (χ3n) is 4.77. The summed E-state index contributed by atoms with van der Waals surface area (Å²) in [6.07, 6.45) is 2.70. The van der Waals surface area contributed by atoms with Gasteiger partial charge in [-0.05, 0) is 54.0 Å². The number of fused-ring (bicyclic) bond motifs is 2. The van der Waals surface area contributed by atoms with Crippen molar-refractivity contribution in [3.8, 4) is 11.3 Å². The number of halogens is 1. The van der Waals surface area contributed by atoms with E-state index >= 15 is 0 Å². The summed E-state index contributed by atoms with van der Waals surface area (Å²) >= 11 is 7.09. The Hall–Kier alpha value is -2.05. The molecule has 4 rings (SSSR count). The molecule has 0 amide bonds. The van der Waals surface area contributed by atoms with E-state index in [1.165, 1.54) is 0 Å². The Labute approximate surface area is 153 Å². The standard InChI is InChI=1S/C18H17ClN2O3S/c1-18(2)6-5-8-9(7-18)21-16-13(14(20)15(25-16)17(22)23)12(8)10-3-4-11(19)24-10/h3-4H,5-7,20H2,1-2H3,(H,22,23). The van der Waals surface area contributed by atoms with E-state index in [-0.39, 0.29) is 21.2 Å². The molecule has 0 fully saturated rings. The van der Waals surface area contributed by atoms with Crippen LogP contribution in [0.1, 0.15) is 41.2 Å². The zero-order chi connectivity index (χ0) is 17.9. The molecule has 0 saturated heterocycles. The van der Waals surface area contributed by atoms with Gasteiger partial charge in [0.05, 0.1) is 5.69 Å². The molecule has 3 aromatic rings. The van der Waals surface area contributed by atoms with Gasteiger partial charge in [0, 0.05) is 16.6 Å². The Morgan fingerprint density at radius 3 is 2.84 bits per heavy atom. The van der Waals surface area contributed by atoms with Crippen molar-refractivity contribution in [2.24, 2.45) is 5.41 Å². The van der Waals surface area contributed by atoms with Gasteiger partial charge in [0.2, 0.25) is 0 Å². The zero-order valence-corrected chi connectivity index (χ0v) is 15.4. The highest BCUT2D eigenvalue weighted by molar-refractivity contribution is 7.21.